The number of carbonyl (C=O) groups is 2. The van der Waals surface area contributed by atoms with Gasteiger partial charge in [0.1, 0.15) is 13.2 Å². The quantitative estimate of drug-likeness (QED) is 0.241. The van der Waals surface area contributed by atoms with Crippen molar-refractivity contribution in [2.75, 3.05) is 20.4 Å². The predicted octanol–water partition coefficient (Wildman–Crippen LogP) is 0.776. The Balaban J connectivity index is 1.71. The Morgan fingerprint density at radius 1 is 1.32 bits per heavy atom. The van der Waals surface area contributed by atoms with Crippen molar-refractivity contribution >= 4 is 22.8 Å². The first-order valence-corrected chi connectivity index (χ1v) is 11.6. The molecule has 4 N–H and O–H groups in total. The molecule has 0 unspecified atom stereocenters. The number of nitrogens with one attached hydrogen (secondary N) is 1. The van der Waals surface area contributed by atoms with E-state index in [0.717, 1.165) is 0 Å². The molecule has 4 heterocycles. The predicted molar refractivity (Wildman–Crippen MR) is 128 cm³/mol. The Hall–Kier alpha value is -3.87. The topological polar surface area (TPSA) is 155 Å². The van der Waals surface area contributed by atoms with Crippen LogP contribution in [0.4, 0.5) is 4.39 Å². The lowest BCUT2D eigenvalue weighted by atomic mass is 9.86. The van der Waals surface area contributed by atoms with Crippen molar-refractivity contribution in [1.29, 1.82) is 0 Å². The number of hydrogen-bond acceptors (Lipinski definition) is 9. The molecule has 12 heteroatoms. The summed E-state index contributed by atoms with van der Waals surface area (Å²) < 4.78 is 31.3. The van der Waals surface area contributed by atoms with E-state index in [1.165, 1.54) is 23.8 Å². The number of pyridine rings is 2. The number of amides is 1. The van der Waals surface area contributed by atoms with E-state index in [-0.39, 0.29) is 61.8 Å². The number of aromatic nitrogens is 2. The number of benzene rings is 1. The van der Waals surface area contributed by atoms with Crippen LogP contribution in [0.1, 0.15) is 35.6 Å². The van der Waals surface area contributed by atoms with E-state index in [1.807, 2.05) is 0 Å². The molecule has 0 fully saturated rings. The van der Waals surface area contributed by atoms with Crippen LogP contribution in [0.2, 0.25) is 0 Å². The Kier molecular flexibility index (Phi) is 6.18. The fraction of sp³-hybridized carbons (Fsp3) is 0.360. The second-order valence-corrected chi connectivity index (χ2v) is 8.82. The number of aliphatic hydroxyl groups is 1. The van der Waals surface area contributed by atoms with E-state index in [4.69, 9.17) is 19.9 Å². The van der Waals surface area contributed by atoms with Gasteiger partial charge in [0.15, 0.2) is 17.2 Å². The first-order chi connectivity index (χ1) is 17.7. The number of nitrogens with zero attached hydrogens (tertiary/aromatic N) is 2. The van der Waals surface area contributed by atoms with Crippen LogP contribution in [0.25, 0.3) is 22.3 Å². The van der Waals surface area contributed by atoms with E-state index >= 15 is 0 Å². The van der Waals surface area contributed by atoms with Gasteiger partial charge in [0.05, 0.1) is 42.9 Å². The second kappa shape index (κ2) is 9.21. The molecule has 194 valence electrons. The van der Waals surface area contributed by atoms with Gasteiger partial charge in [-0.3, -0.25) is 9.59 Å². The highest BCUT2D eigenvalue weighted by Gasteiger charge is 2.45. The standard InChI is InChI=1S/C25H25FN4O7/c1-3-25(34)16-5-19-22-14(8-30(19)23(32)15(16)9-37-24(25)33)13(7-28-21(31)10-36-11-27)12-4-20(35-2)17(26)6-18(12)29-22/h4-6,34H,3,7-11,27H2,1-2H3,(H,28,31)/t25-/m0/s1. The van der Waals surface area contributed by atoms with E-state index < -0.39 is 28.9 Å². The third-order valence-corrected chi connectivity index (χ3v) is 6.89. The Bertz CT molecular complexity index is 1520. The molecule has 0 bridgehead atoms. The third kappa shape index (κ3) is 3.84. The SMILES string of the molecule is CC[C@@]1(O)C(=O)OCc2c1cc1n(c2=O)Cc2c-1nc1cc(F)c(OC)cc1c2CNC(=O)COCN. The van der Waals surface area contributed by atoms with Crippen LogP contribution >= 0.6 is 0 Å². The van der Waals surface area contributed by atoms with Crippen LogP contribution in [-0.2, 0) is 44.4 Å². The number of methoxy groups -OCH3 is 1. The molecule has 2 aromatic heterocycles. The van der Waals surface area contributed by atoms with Crippen molar-refractivity contribution in [2.24, 2.45) is 5.73 Å². The molecule has 0 spiro atoms. The van der Waals surface area contributed by atoms with Crippen molar-refractivity contribution < 1.29 is 33.3 Å². The maximum absolute atomic E-state index is 14.6. The number of rotatable bonds is 7. The average Bonchev–Trinajstić information content (AvgIpc) is 3.26. The lowest BCUT2D eigenvalue weighted by Gasteiger charge is -2.31. The number of nitrogens with two attached hydrogens (primary N) is 1. The molecule has 37 heavy (non-hydrogen) atoms. The number of cyclic esters (lactones) is 1. The Morgan fingerprint density at radius 2 is 2.11 bits per heavy atom. The third-order valence-electron chi connectivity index (χ3n) is 6.89. The molecule has 0 saturated heterocycles. The zero-order valence-corrected chi connectivity index (χ0v) is 20.2. The van der Waals surface area contributed by atoms with Crippen molar-refractivity contribution in [2.45, 2.75) is 38.6 Å². The van der Waals surface area contributed by atoms with Crippen LogP contribution in [0, 0.1) is 5.82 Å². The van der Waals surface area contributed by atoms with Crippen LogP contribution in [-0.4, -0.2) is 47.0 Å². The molecule has 0 saturated carbocycles. The number of hydrogen-bond donors (Lipinski definition) is 3. The maximum atomic E-state index is 14.6. The van der Waals surface area contributed by atoms with Crippen LogP contribution in [0.3, 0.4) is 0 Å². The van der Waals surface area contributed by atoms with Gasteiger partial charge < -0.3 is 34.9 Å². The number of halogens is 1. The zero-order valence-electron chi connectivity index (χ0n) is 20.2. The van der Waals surface area contributed by atoms with Crippen molar-refractivity contribution in [1.82, 2.24) is 14.9 Å². The highest BCUT2D eigenvalue weighted by atomic mass is 19.1. The van der Waals surface area contributed by atoms with Gasteiger partial charge in [-0.05, 0) is 24.1 Å². The summed E-state index contributed by atoms with van der Waals surface area (Å²) in [5.41, 5.74) is 5.53. The summed E-state index contributed by atoms with van der Waals surface area (Å²) in [6.07, 6.45) is 0.00684. The number of ether oxygens (including phenoxy) is 3. The molecule has 3 aromatic rings. The molecule has 2 aliphatic rings. The van der Waals surface area contributed by atoms with E-state index in [1.54, 1.807) is 13.0 Å². The summed E-state index contributed by atoms with van der Waals surface area (Å²) in [7, 11) is 1.34. The van der Waals surface area contributed by atoms with Gasteiger partial charge >= 0.3 is 5.97 Å². The van der Waals surface area contributed by atoms with E-state index in [9.17, 15) is 23.9 Å². The van der Waals surface area contributed by atoms with E-state index in [0.29, 0.717) is 27.9 Å². The zero-order chi connectivity index (χ0) is 26.5. The highest BCUT2D eigenvalue weighted by Crippen LogP contribution is 2.41. The van der Waals surface area contributed by atoms with Gasteiger partial charge in [-0.25, -0.2) is 14.2 Å². The van der Waals surface area contributed by atoms with Crippen LogP contribution in [0.5, 0.6) is 5.75 Å². The van der Waals surface area contributed by atoms with Crippen molar-refractivity contribution in [3.63, 3.8) is 0 Å². The summed E-state index contributed by atoms with van der Waals surface area (Å²) in [4.78, 5) is 42.8. The largest absolute Gasteiger partial charge is 0.494 e. The molecule has 0 aliphatic carbocycles. The molecular weight excluding hydrogens is 487 g/mol. The Labute approximate surface area is 209 Å². The van der Waals surface area contributed by atoms with Crippen LogP contribution in [0.15, 0.2) is 23.0 Å². The summed E-state index contributed by atoms with van der Waals surface area (Å²) in [5, 5.41) is 14.4. The van der Waals surface area contributed by atoms with Gasteiger partial charge in [0.2, 0.25) is 5.91 Å². The minimum absolute atomic E-state index is 0.0000971. The van der Waals surface area contributed by atoms with E-state index in [2.05, 4.69) is 10.3 Å². The van der Waals surface area contributed by atoms with Gasteiger partial charge in [-0.15, -0.1) is 0 Å². The fourth-order valence-corrected chi connectivity index (χ4v) is 4.91. The van der Waals surface area contributed by atoms with Gasteiger partial charge in [0, 0.05) is 29.1 Å². The summed E-state index contributed by atoms with van der Waals surface area (Å²) >= 11 is 0. The van der Waals surface area contributed by atoms with Crippen LogP contribution < -0.4 is 21.3 Å². The lowest BCUT2D eigenvalue weighted by Crippen LogP contribution is -2.44. The molecule has 0 radical (unpaired) electrons. The average molecular weight is 512 g/mol. The summed E-state index contributed by atoms with van der Waals surface area (Å²) in [5.74, 6) is -1.86. The highest BCUT2D eigenvalue weighted by molar-refractivity contribution is 5.90. The first-order valence-electron chi connectivity index (χ1n) is 11.6. The lowest BCUT2D eigenvalue weighted by molar-refractivity contribution is -0.172. The first kappa shape index (κ1) is 24.8. The summed E-state index contributed by atoms with van der Waals surface area (Å²) in [6, 6.07) is 4.29. The monoisotopic (exact) mass is 512 g/mol. The molecule has 2 aliphatic heterocycles. The molecule has 1 amide bonds. The minimum Gasteiger partial charge on any atom is -0.494 e. The molecule has 11 nitrogen and oxygen atoms in total. The normalized spacial score (nSPS) is 17.7. The maximum Gasteiger partial charge on any atom is 0.343 e. The molecule has 5 rings (SSSR count). The second-order valence-electron chi connectivity index (χ2n) is 8.82. The van der Waals surface area contributed by atoms with Gasteiger partial charge in [-0.2, -0.15) is 0 Å². The smallest absolute Gasteiger partial charge is 0.343 e. The summed E-state index contributed by atoms with van der Waals surface area (Å²) in [6.45, 7) is 1.15. The number of carbonyl (C=O) groups excluding carboxylic acids is 2. The number of fused-ring (bicyclic) bond motifs is 5. The Morgan fingerprint density at radius 3 is 2.81 bits per heavy atom. The van der Waals surface area contributed by atoms with Crippen molar-refractivity contribution in [3.8, 4) is 17.1 Å². The van der Waals surface area contributed by atoms with Crippen molar-refractivity contribution in [3.05, 3.63) is 56.6 Å². The molecular formula is C25H25FN4O7. The fourth-order valence-electron chi connectivity index (χ4n) is 4.91. The number of esters is 1. The molecule has 1 atom stereocenters. The molecule has 1 aromatic carbocycles. The van der Waals surface area contributed by atoms with Gasteiger partial charge in [-0.1, -0.05) is 6.92 Å². The minimum atomic E-state index is -1.97. The van der Waals surface area contributed by atoms with Gasteiger partial charge in [0.25, 0.3) is 5.56 Å².